The molecule has 2 heterocycles. The number of non-ortho nitro benzene ring substituents is 1. The molecule has 2 aliphatic heterocycles. The van der Waals surface area contributed by atoms with Gasteiger partial charge in [-0.2, -0.15) is 0 Å². The van der Waals surface area contributed by atoms with Gasteiger partial charge >= 0.3 is 0 Å². The summed E-state index contributed by atoms with van der Waals surface area (Å²) in [7, 11) is 0. The summed E-state index contributed by atoms with van der Waals surface area (Å²) in [6.07, 6.45) is -1.02. The Labute approximate surface area is 183 Å². The highest BCUT2D eigenvalue weighted by Gasteiger charge is 2.60. The summed E-state index contributed by atoms with van der Waals surface area (Å²) in [6, 6.07) is 21.8. The number of hydrogen-bond donors (Lipinski definition) is 0. The van der Waals surface area contributed by atoms with Crippen LogP contribution in [0.3, 0.4) is 0 Å². The summed E-state index contributed by atoms with van der Waals surface area (Å²) >= 11 is 0. The second-order valence-electron chi connectivity index (χ2n) is 7.81. The van der Waals surface area contributed by atoms with E-state index in [1.165, 1.54) is 22.1 Å². The van der Waals surface area contributed by atoms with Gasteiger partial charge in [0.1, 0.15) is 5.92 Å². The summed E-state index contributed by atoms with van der Waals surface area (Å²) < 4.78 is 0. The summed E-state index contributed by atoms with van der Waals surface area (Å²) in [6.45, 7) is 1.84. The lowest BCUT2D eigenvalue weighted by molar-refractivity contribution is -0.384. The molecule has 3 atom stereocenters. The molecule has 2 saturated heterocycles. The van der Waals surface area contributed by atoms with Crippen LogP contribution in [0.1, 0.15) is 17.2 Å². The highest BCUT2D eigenvalue weighted by atomic mass is 16.7. The van der Waals surface area contributed by atoms with Crippen LogP contribution in [0.15, 0.2) is 78.9 Å². The molecule has 2 amide bonds. The van der Waals surface area contributed by atoms with Crippen molar-refractivity contribution in [2.75, 3.05) is 9.96 Å². The first kappa shape index (κ1) is 19.9. The zero-order valence-corrected chi connectivity index (χ0v) is 17.1. The van der Waals surface area contributed by atoms with E-state index < -0.39 is 28.9 Å². The van der Waals surface area contributed by atoms with Crippen molar-refractivity contribution in [3.63, 3.8) is 0 Å². The molecule has 5 rings (SSSR count). The Kier molecular flexibility index (Phi) is 4.71. The molecule has 0 saturated carbocycles. The van der Waals surface area contributed by atoms with Crippen LogP contribution in [0.4, 0.5) is 17.1 Å². The van der Waals surface area contributed by atoms with Crippen LogP contribution < -0.4 is 9.96 Å². The number of anilines is 2. The van der Waals surface area contributed by atoms with Gasteiger partial charge in [-0.25, -0.2) is 9.96 Å². The molecule has 3 aromatic carbocycles. The predicted octanol–water partition coefficient (Wildman–Crippen LogP) is 3.95. The van der Waals surface area contributed by atoms with Gasteiger partial charge in [-0.3, -0.25) is 24.5 Å². The number of aryl methyl sites for hydroxylation is 1. The lowest BCUT2D eigenvalue weighted by atomic mass is 9.90. The van der Waals surface area contributed by atoms with Gasteiger partial charge in [-0.15, -0.1) is 0 Å². The van der Waals surface area contributed by atoms with Gasteiger partial charge in [0.2, 0.25) is 5.91 Å². The molecule has 8 heteroatoms. The Bertz CT molecular complexity index is 1230. The number of carbonyl (C=O) groups excluding carboxylic acids is 2. The Balaban J connectivity index is 1.60. The number of amides is 2. The first-order chi connectivity index (χ1) is 15.5. The zero-order chi connectivity index (χ0) is 22.4. The number of imide groups is 1. The number of rotatable bonds is 4. The first-order valence-electron chi connectivity index (χ1n) is 10.2. The fraction of sp³-hybridized carbons (Fsp3) is 0.167. The van der Waals surface area contributed by atoms with Crippen LogP contribution >= 0.6 is 0 Å². The van der Waals surface area contributed by atoms with Crippen molar-refractivity contribution in [2.45, 2.75) is 19.1 Å². The number of hydroxylamine groups is 1. The minimum Gasteiger partial charge on any atom is -0.273 e. The van der Waals surface area contributed by atoms with Gasteiger partial charge in [0.05, 0.1) is 22.3 Å². The van der Waals surface area contributed by atoms with Gasteiger partial charge in [0.25, 0.3) is 11.6 Å². The zero-order valence-electron chi connectivity index (χ0n) is 17.1. The van der Waals surface area contributed by atoms with E-state index in [4.69, 9.17) is 4.84 Å². The van der Waals surface area contributed by atoms with E-state index in [-0.39, 0.29) is 11.6 Å². The van der Waals surface area contributed by atoms with E-state index in [1.807, 2.05) is 49.4 Å². The normalized spacial score (nSPS) is 22.3. The van der Waals surface area contributed by atoms with Gasteiger partial charge in [0.15, 0.2) is 6.10 Å². The van der Waals surface area contributed by atoms with Crippen LogP contribution in [0, 0.1) is 23.0 Å². The van der Waals surface area contributed by atoms with Crippen molar-refractivity contribution in [3.05, 3.63) is 100 Å². The van der Waals surface area contributed by atoms with E-state index >= 15 is 0 Å². The highest BCUT2D eigenvalue weighted by Crippen LogP contribution is 2.48. The van der Waals surface area contributed by atoms with Crippen molar-refractivity contribution in [1.29, 1.82) is 0 Å². The standard InChI is InChI=1S/C24H19N3O5/c1-15-8-5-6-13-19(15)25-23(28)20-21(16-9-3-2-4-10-16)26(32-22(20)24(25)29)17-11-7-12-18(14-17)27(30)31/h2-14,20-22H,1H3/t20-,21-,22-/m1/s1. The molecule has 32 heavy (non-hydrogen) atoms. The summed E-state index contributed by atoms with van der Waals surface area (Å²) in [5.74, 6) is -1.58. The molecule has 0 N–H and O–H groups in total. The Morgan fingerprint density at radius 3 is 2.34 bits per heavy atom. The number of hydrogen-bond acceptors (Lipinski definition) is 6. The average molecular weight is 429 g/mol. The van der Waals surface area contributed by atoms with Crippen molar-refractivity contribution < 1.29 is 19.3 Å². The van der Waals surface area contributed by atoms with Gasteiger partial charge < -0.3 is 0 Å². The largest absolute Gasteiger partial charge is 0.273 e. The number of nitro groups is 1. The fourth-order valence-electron chi connectivity index (χ4n) is 4.42. The maximum absolute atomic E-state index is 13.6. The summed E-state index contributed by atoms with van der Waals surface area (Å²) in [4.78, 5) is 44.9. The summed E-state index contributed by atoms with van der Waals surface area (Å²) in [5, 5.41) is 12.7. The number of carbonyl (C=O) groups is 2. The van der Waals surface area contributed by atoms with Crippen molar-refractivity contribution in [1.82, 2.24) is 0 Å². The molecule has 3 aromatic rings. The van der Waals surface area contributed by atoms with Gasteiger partial charge in [-0.1, -0.05) is 54.6 Å². The minimum absolute atomic E-state index is 0.103. The fourth-order valence-corrected chi connectivity index (χ4v) is 4.42. The molecule has 0 spiro atoms. The molecule has 0 radical (unpaired) electrons. The first-order valence-corrected chi connectivity index (χ1v) is 10.2. The number of benzene rings is 3. The van der Waals surface area contributed by atoms with Crippen LogP contribution in [0.25, 0.3) is 0 Å². The molecule has 0 bridgehead atoms. The number of fused-ring (bicyclic) bond motifs is 1. The maximum Gasteiger partial charge on any atom is 0.271 e. The molecule has 0 unspecified atom stereocenters. The highest BCUT2D eigenvalue weighted by molar-refractivity contribution is 6.24. The number of nitrogens with zero attached hydrogens (tertiary/aromatic N) is 3. The van der Waals surface area contributed by atoms with Crippen LogP contribution in [-0.4, -0.2) is 22.8 Å². The third-order valence-electron chi connectivity index (χ3n) is 5.91. The molecule has 0 aliphatic carbocycles. The predicted molar refractivity (Wildman–Crippen MR) is 117 cm³/mol. The minimum atomic E-state index is -1.02. The SMILES string of the molecule is Cc1ccccc1N1C(=O)[C@@H]2[C@@H](c3ccccc3)N(c3cccc([N+](=O)[O-])c3)O[C@H]2C1=O. The van der Waals surface area contributed by atoms with Gasteiger partial charge in [0, 0.05) is 12.1 Å². The Morgan fingerprint density at radius 2 is 1.62 bits per heavy atom. The lowest BCUT2D eigenvalue weighted by Gasteiger charge is -2.29. The lowest BCUT2D eigenvalue weighted by Crippen LogP contribution is -2.37. The Hall–Kier alpha value is -4.04. The van der Waals surface area contributed by atoms with Crippen LogP contribution in [0.5, 0.6) is 0 Å². The monoisotopic (exact) mass is 429 g/mol. The Morgan fingerprint density at radius 1 is 0.906 bits per heavy atom. The molecule has 2 fully saturated rings. The van der Waals surface area contributed by atoms with Crippen LogP contribution in [-0.2, 0) is 14.4 Å². The average Bonchev–Trinajstić information content (AvgIpc) is 3.31. The molecular formula is C24H19N3O5. The van der Waals surface area contributed by atoms with Gasteiger partial charge in [-0.05, 0) is 30.2 Å². The third-order valence-corrected chi connectivity index (χ3v) is 5.91. The molecule has 0 aromatic heterocycles. The van der Waals surface area contributed by atoms with Crippen LogP contribution in [0.2, 0.25) is 0 Å². The maximum atomic E-state index is 13.6. The van der Waals surface area contributed by atoms with E-state index in [0.717, 1.165) is 11.1 Å². The van der Waals surface area contributed by atoms with E-state index in [0.29, 0.717) is 11.4 Å². The van der Waals surface area contributed by atoms with E-state index in [1.54, 1.807) is 24.3 Å². The quantitative estimate of drug-likeness (QED) is 0.354. The second-order valence-corrected chi connectivity index (χ2v) is 7.81. The number of nitro benzene ring substituents is 1. The van der Waals surface area contributed by atoms with Crippen molar-refractivity contribution in [2.24, 2.45) is 5.92 Å². The third kappa shape index (κ3) is 3.04. The molecule has 2 aliphatic rings. The van der Waals surface area contributed by atoms with Crippen molar-refractivity contribution >= 4 is 28.9 Å². The summed E-state index contributed by atoms with van der Waals surface area (Å²) in [5.41, 5.74) is 2.43. The second kappa shape index (κ2) is 7.58. The van der Waals surface area contributed by atoms with E-state index in [9.17, 15) is 19.7 Å². The molecule has 8 nitrogen and oxygen atoms in total. The smallest absolute Gasteiger partial charge is 0.271 e. The molecular weight excluding hydrogens is 410 g/mol. The number of para-hydroxylation sites is 1. The molecule has 160 valence electrons. The van der Waals surface area contributed by atoms with Crippen molar-refractivity contribution in [3.8, 4) is 0 Å². The topological polar surface area (TPSA) is 93.0 Å². The van der Waals surface area contributed by atoms with E-state index in [2.05, 4.69) is 0 Å².